The number of aromatic nitrogens is 2. The van der Waals surface area contributed by atoms with Gasteiger partial charge < -0.3 is 10.3 Å². The molecule has 0 aliphatic carbocycles. The number of nitrogens with two attached hydrogens (primary N) is 1. The first-order valence-corrected chi connectivity index (χ1v) is 4.60. The zero-order valence-corrected chi connectivity index (χ0v) is 8.49. The number of imidazole rings is 1. The Morgan fingerprint density at radius 1 is 1.36 bits per heavy atom. The number of hydrogen-bond acceptors (Lipinski definition) is 2. The van der Waals surface area contributed by atoms with E-state index >= 15 is 0 Å². The van der Waals surface area contributed by atoms with Crippen molar-refractivity contribution >= 4 is 17.5 Å². The largest absolute Gasteiger partial charge is 0.369 e. The molecule has 0 radical (unpaired) electrons. The van der Waals surface area contributed by atoms with Crippen LogP contribution in [0.15, 0.2) is 30.5 Å². The third kappa shape index (κ3) is 1.36. The summed E-state index contributed by atoms with van der Waals surface area (Å²) in [6.07, 6.45) is 1.72. The molecule has 0 aliphatic heterocycles. The maximum atomic E-state index is 6.06. The Morgan fingerprint density at radius 2 is 2.07 bits per heavy atom. The summed E-state index contributed by atoms with van der Waals surface area (Å²) in [5.74, 6) is 0.486. The Morgan fingerprint density at radius 3 is 2.64 bits per heavy atom. The number of rotatable bonds is 1. The van der Waals surface area contributed by atoms with Crippen molar-refractivity contribution in [2.45, 2.75) is 0 Å². The lowest BCUT2D eigenvalue weighted by molar-refractivity contribution is 0.938. The van der Waals surface area contributed by atoms with Gasteiger partial charge >= 0.3 is 0 Å². The van der Waals surface area contributed by atoms with Crippen LogP contribution in [0, 0.1) is 0 Å². The Kier molecular flexibility index (Phi) is 2.17. The number of hydrogen-bond donors (Lipinski definition) is 1. The molecule has 0 aliphatic rings. The Labute approximate surface area is 87.1 Å². The van der Waals surface area contributed by atoms with E-state index in [2.05, 4.69) is 4.98 Å². The minimum atomic E-state index is 0.486. The molecule has 0 atom stereocenters. The molecule has 0 unspecified atom stereocenters. The molecule has 0 amide bonds. The first-order chi connectivity index (χ1) is 6.70. The fourth-order valence-electron chi connectivity index (χ4n) is 1.34. The summed E-state index contributed by atoms with van der Waals surface area (Å²) in [4.78, 5) is 4.02. The second-order valence-corrected chi connectivity index (χ2v) is 3.45. The summed E-state index contributed by atoms with van der Waals surface area (Å²) in [5, 5.41) is 0.704. The van der Waals surface area contributed by atoms with Gasteiger partial charge in [-0.1, -0.05) is 29.8 Å². The summed E-state index contributed by atoms with van der Waals surface area (Å²) >= 11 is 6.06. The number of benzene rings is 1. The summed E-state index contributed by atoms with van der Waals surface area (Å²) < 4.78 is 1.81. The van der Waals surface area contributed by atoms with E-state index in [0.29, 0.717) is 11.0 Å². The fourth-order valence-corrected chi connectivity index (χ4v) is 1.58. The van der Waals surface area contributed by atoms with Gasteiger partial charge in [-0.05, 0) is 6.07 Å². The van der Waals surface area contributed by atoms with E-state index in [-0.39, 0.29) is 0 Å². The third-order valence-electron chi connectivity index (χ3n) is 2.17. The maximum Gasteiger partial charge on any atom is 0.200 e. The molecule has 0 saturated carbocycles. The van der Waals surface area contributed by atoms with E-state index in [1.54, 1.807) is 10.8 Å². The van der Waals surface area contributed by atoms with E-state index in [0.717, 1.165) is 11.3 Å². The van der Waals surface area contributed by atoms with Gasteiger partial charge in [-0.15, -0.1) is 0 Å². The molecular formula is C10H10ClN3. The average molecular weight is 208 g/mol. The molecule has 1 heterocycles. The zero-order chi connectivity index (χ0) is 10.1. The summed E-state index contributed by atoms with van der Waals surface area (Å²) in [6, 6.07) is 7.62. The fraction of sp³-hybridized carbons (Fsp3) is 0.100. The lowest BCUT2D eigenvalue weighted by Crippen LogP contribution is -1.98. The lowest BCUT2D eigenvalue weighted by atomic mass is 10.2. The van der Waals surface area contributed by atoms with E-state index in [1.807, 2.05) is 31.3 Å². The van der Waals surface area contributed by atoms with E-state index in [9.17, 15) is 0 Å². The topological polar surface area (TPSA) is 43.8 Å². The van der Waals surface area contributed by atoms with Crippen LogP contribution in [0.2, 0.25) is 5.02 Å². The van der Waals surface area contributed by atoms with Gasteiger partial charge in [0.1, 0.15) is 0 Å². The maximum absolute atomic E-state index is 6.06. The van der Waals surface area contributed by atoms with Gasteiger partial charge in [-0.25, -0.2) is 4.98 Å². The van der Waals surface area contributed by atoms with Crippen LogP contribution in [0.5, 0.6) is 0 Å². The first kappa shape index (κ1) is 9.09. The quantitative estimate of drug-likeness (QED) is 0.780. The summed E-state index contributed by atoms with van der Waals surface area (Å²) in [7, 11) is 1.86. The van der Waals surface area contributed by atoms with Crippen molar-refractivity contribution in [1.82, 2.24) is 9.55 Å². The number of nitrogen functional groups attached to an aromatic ring is 1. The smallest absolute Gasteiger partial charge is 0.200 e. The molecule has 2 rings (SSSR count). The second-order valence-electron chi connectivity index (χ2n) is 3.04. The zero-order valence-electron chi connectivity index (χ0n) is 7.74. The Balaban J connectivity index is 2.60. The predicted octanol–water partition coefficient (Wildman–Crippen LogP) is 2.32. The molecule has 0 bridgehead atoms. The highest BCUT2D eigenvalue weighted by Gasteiger charge is 2.08. The van der Waals surface area contributed by atoms with Crippen LogP contribution in [0.25, 0.3) is 11.3 Å². The highest BCUT2D eigenvalue weighted by molar-refractivity contribution is 6.33. The predicted molar refractivity (Wildman–Crippen MR) is 58.1 cm³/mol. The third-order valence-corrected chi connectivity index (χ3v) is 2.50. The lowest BCUT2D eigenvalue weighted by Gasteiger charge is -2.04. The van der Waals surface area contributed by atoms with Crippen molar-refractivity contribution < 1.29 is 0 Å². The molecule has 0 saturated heterocycles. The van der Waals surface area contributed by atoms with Gasteiger partial charge in [-0.2, -0.15) is 0 Å². The number of halogens is 1. The van der Waals surface area contributed by atoms with Crippen LogP contribution in [0.4, 0.5) is 5.95 Å². The molecule has 0 fully saturated rings. The van der Waals surface area contributed by atoms with Gasteiger partial charge in [0.05, 0.1) is 11.9 Å². The molecule has 2 aromatic rings. The number of nitrogens with zero attached hydrogens (tertiary/aromatic N) is 2. The molecular weight excluding hydrogens is 198 g/mol. The van der Waals surface area contributed by atoms with Crippen LogP contribution in [0.1, 0.15) is 0 Å². The Bertz CT molecular complexity index is 462. The molecule has 2 N–H and O–H groups in total. The van der Waals surface area contributed by atoms with Crippen LogP contribution in [-0.2, 0) is 7.05 Å². The van der Waals surface area contributed by atoms with Crippen molar-refractivity contribution in [3.05, 3.63) is 35.5 Å². The Hall–Kier alpha value is -1.48. The van der Waals surface area contributed by atoms with E-state index < -0.39 is 0 Å². The summed E-state index contributed by atoms with van der Waals surface area (Å²) in [6.45, 7) is 0. The van der Waals surface area contributed by atoms with Crippen LogP contribution in [-0.4, -0.2) is 9.55 Å². The van der Waals surface area contributed by atoms with Crippen molar-refractivity contribution in [2.75, 3.05) is 5.73 Å². The van der Waals surface area contributed by atoms with Crippen molar-refractivity contribution in [3.63, 3.8) is 0 Å². The molecule has 3 nitrogen and oxygen atoms in total. The van der Waals surface area contributed by atoms with Crippen LogP contribution in [0.3, 0.4) is 0 Å². The molecule has 4 heteroatoms. The normalized spacial score (nSPS) is 10.4. The highest BCUT2D eigenvalue weighted by atomic mass is 35.5. The van der Waals surface area contributed by atoms with Crippen molar-refractivity contribution in [1.29, 1.82) is 0 Å². The average Bonchev–Trinajstić information content (AvgIpc) is 2.49. The number of anilines is 1. The standard InChI is InChI=1S/C10H10ClN3/c1-14-9(6-13-10(14)12)7-4-2-3-5-8(7)11/h2-6H,1H3,(H2,12,13). The minimum absolute atomic E-state index is 0.486. The van der Waals surface area contributed by atoms with Gasteiger partial charge in [0, 0.05) is 17.6 Å². The van der Waals surface area contributed by atoms with Crippen LogP contribution < -0.4 is 5.73 Å². The van der Waals surface area contributed by atoms with Gasteiger partial charge in [0.2, 0.25) is 0 Å². The van der Waals surface area contributed by atoms with Crippen molar-refractivity contribution in [3.8, 4) is 11.3 Å². The monoisotopic (exact) mass is 207 g/mol. The van der Waals surface area contributed by atoms with Gasteiger partial charge in [-0.3, -0.25) is 0 Å². The minimum Gasteiger partial charge on any atom is -0.369 e. The van der Waals surface area contributed by atoms with Crippen LogP contribution >= 0.6 is 11.6 Å². The molecule has 1 aromatic carbocycles. The molecule has 14 heavy (non-hydrogen) atoms. The van der Waals surface area contributed by atoms with Crippen molar-refractivity contribution in [2.24, 2.45) is 7.05 Å². The van der Waals surface area contributed by atoms with E-state index in [4.69, 9.17) is 17.3 Å². The molecule has 1 aromatic heterocycles. The second kappa shape index (κ2) is 3.35. The van der Waals surface area contributed by atoms with Gasteiger partial charge in [0.15, 0.2) is 5.95 Å². The molecule has 72 valence electrons. The first-order valence-electron chi connectivity index (χ1n) is 4.22. The highest BCUT2D eigenvalue weighted by Crippen LogP contribution is 2.27. The summed E-state index contributed by atoms with van der Waals surface area (Å²) in [5.41, 5.74) is 7.51. The van der Waals surface area contributed by atoms with E-state index in [1.165, 1.54) is 0 Å². The van der Waals surface area contributed by atoms with Gasteiger partial charge in [0.25, 0.3) is 0 Å². The SMILES string of the molecule is Cn1c(-c2ccccc2Cl)cnc1N. The molecule has 0 spiro atoms.